The van der Waals surface area contributed by atoms with Gasteiger partial charge in [0, 0.05) is 16.6 Å². The minimum Gasteiger partial charge on any atom is -0.508 e. The lowest BCUT2D eigenvalue weighted by atomic mass is 10.3. The molecule has 0 saturated carbocycles. The second-order valence-electron chi connectivity index (χ2n) is 3.84. The van der Waals surface area contributed by atoms with Crippen molar-refractivity contribution < 1.29 is 14.3 Å². The zero-order valence-electron chi connectivity index (χ0n) is 9.97. The van der Waals surface area contributed by atoms with Gasteiger partial charge in [0.05, 0.1) is 5.75 Å². The Bertz CT molecular complexity index is 572. The van der Waals surface area contributed by atoms with Crippen LogP contribution in [0.4, 0.5) is 10.1 Å². The van der Waals surface area contributed by atoms with E-state index < -0.39 is 0 Å². The van der Waals surface area contributed by atoms with Crippen molar-refractivity contribution >= 4 is 23.4 Å². The van der Waals surface area contributed by atoms with Gasteiger partial charge in [-0.05, 0) is 36.4 Å². The zero-order chi connectivity index (χ0) is 13.7. The number of hydrogen-bond donors (Lipinski definition) is 2. The Labute approximate surface area is 114 Å². The first-order valence-electron chi connectivity index (χ1n) is 5.61. The highest BCUT2D eigenvalue weighted by atomic mass is 32.2. The molecule has 1 amide bonds. The number of nitrogens with one attached hydrogen (secondary N) is 1. The van der Waals surface area contributed by atoms with E-state index >= 15 is 0 Å². The number of carbonyl (C=O) groups excluding carboxylic acids is 1. The monoisotopic (exact) mass is 277 g/mol. The predicted molar refractivity (Wildman–Crippen MR) is 73.9 cm³/mol. The summed E-state index contributed by atoms with van der Waals surface area (Å²) in [4.78, 5) is 12.5. The number of thioether (sulfide) groups is 1. The molecule has 0 radical (unpaired) electrons. The minimum atomic E-state index is -0.298. The Morgan fingerprint density at radius 2 is 1.95 bits per heavy atom. The van der Waals surface area contributed by atoms with Crippen LogP contribution < -0.4 is 5.32 Å². The highest BCUT2D eigenvalue weighted by Gasteiger charge is 2.04. The van der Waals surface area contributed by atoms with Crippen molar-refractivity contribution in [2.75, 3.05) is 11.1 Å². The van der Waals surface area contributed by atoms with Crippen LogP contribution in [0.25, 0.3) is 0 Å². The molecule has 0 saturated heterocycles. The Morgan fingerprint density at radius 1 is 1.21 bits per heavy atom. The van der Waals surface area contributed by atoms with Gasteiger partial charge in [0.15, 0.2) is 0 Å². The molecule has 0 unspecified atom stereocenters. The predicted octanol–water partition coefficient (Wildman–Crippen LogP) is 3.26. The van der Waals surface area contributed by atoms with Gasteiger partial charge in [-0.3, -0.25) is 4.79 Å². The van der Waals surface area contributed by atoms with Crippen LogP contribution >= 0.6 is 11.8 Å². The Morgan fingerprint density at radius 3 is 2.63 bits per heavy atom. The maximum Gasteiger partial charge on any atom is 0.234 e. The molecule has 0 spiro atoms. The van der Waals surface area contributed by atoms with Gasteiger partial charge in [-0.25, -0.2) is 4.39 Å². The molecule has 0 aliphatic rings. The van der Waals surface area contributed by atoms with Gasteiger partial charge in [-0.1, -0.05) is 6.07 Å². The van der Waals surface area contributed by atoms with Gasteiger partial charge >= 0.3 is 0 Å². The summed E-state index contributed by atoms with van der Waals surface area (Å²) in [7, 11) is 0. The SMILES string of the molecule is O=C(CSc1ccc(F)cc1)Nc1cccc(O)c1. The van der Waals surface area contributed by atoms with Gasteiger partial charge in [-0.15, -0.1) is 11.8 Å². The second-order valence-corrected chi connectivity index (χ2v) is 4.89. The summed E-state index contributed by atoms with van der Waals surface area (Å²) in [6.07, 6.45) is 0. The van der Waals surface area contributed by atoms with Crippen LogP contribution in [0.1, 0.15) is 0 Å². The van der Waals surface area contributed by atoms with Gasteiger partial charge in [0.25, 0.3) is 0 Å². The molecular formula is C14H12FNO2S. The molecule has 98 valence electrons. The van der Waals surface area contributed by atoms with Crippen molar-refractivity contribution in [3.8, 4) is 5.75 Å². The Balaban J connectivity index is 1.86. The summed E-state index contributed by atoms with van der Waals surface area (Å²) in [5, 5.41) is 11.9. The molecule has 0 heterocycles. The van der Waals surface area contributed by atoms with E-state index in [0.717, 1.165) is 4.90 Å². The van der Waals surface area contributed by atoms with Gasteiger partial charge in [-0.2, -0.15) is 0 Å². The summed E-state index contributed by atoms with van der Waals surface area (Å²) in [5.41, 5.74) is 0.546. The molecule has 5 heteroatoms. The molecule has 2 rings (SSSR count). The highest BCUT2D eigenvalue weighted by molar-refractivity contribution is 8.00. The van der Waals surface area contributed by atoms with E-state index in [9.17, 15) is 14.3 Å². The fraction of sp³-hybridized carbons (Fsp3) is 0.0714. The molecule has 0 aliphatic heterocycles. The van der Waals surface area contributed by atoms with E-state index in [2.05, 4.69) is 5.32 Å². The van der Waals surface area contributed by atoms with E-state index in [1.165, 1.54) is 36.0 Å². The lowest BCUT2D eigenvalue weighted by molar-refractivity contribution is -0.113. The summed E-state index contributed by atoms with van der Waals surface area (Å²) >= 11 is 1.32. The topological polar surface area (TPSA) is 49.3 Å². The van der Waals surface area contributed by atoms with Crippen molar-refractivity contribution in [3.05, 3.63) is 54.3 Å². The number of benzene rings is 2. The number of carbonyl (C=O) groups is 1. The fourth-order valence-electron chi connectivity index (χ4n) is 1.46. The fourth-order valence-corrected chi connectivity index (χ4v) is 2.16. The number of amides is 1. The molecule has 0 bridgehead atoms. The number of aromatic hydroxyl groups is 1. The van der Waals surface area contributed by atoms with Crippen molar-refractivity contribution in [2.45, 2.75) is 4.90 Å². The normalized spacial score (nSPS) is 10.2. The van der Waals surface area contributed by atoms with Crippen LogP contribution in [0.3, 0.4) is 0 Å². The zero-order valence-corrected chi connectivity index (χ0v) is 10.8. The van der Waals surface area contributed by atoms with Crippen LogP contribution in [0.2, 0.25) is 0 Å². The largest absolute Gasteiger partial charge is 0.508 e. The Hall–Kier alpha value is -2.01. The van der Waals surface area contributed by atoms with Crippen LogP contribution in [-0.4, -0.2) is 16.8 Å². The maximum atomic E-state index is 12.7. The third-order valence-electron chi connectivity index (χ3n) is 2.31. The lowest BCUT2D eigenvalue weighted by Crippen LogP contribution is -2.13. The van der Waals surface area contributed by atoms with E-state index in [1.54, 1.807) is 24.3 Å². The molecule has 0 atom stereocenters. The van der Waals surface area contributed by atoms with Gasteiger partial charge in [0.1, 0.15) is 11.6 Å². The van der Waals surface area contributed by atoms with Crippen molar-refractivity contribution in [1.82, 2.24) is 0 Å². The smallest absolute Gasteiger partial charge is 0.234 e. The van der Waals surface area contributed by atoms with E-state index in [0.29, 0.717) is 5.69 Å². The third kappa shape index (κ3) is 4.30. The second kappa shape index (κ2) is 6.24. The average Bonchev–Trinajstić information content (AvgIpc) is 2.38. The summed E-state index contributed by atoms with van der Waals surface area (Å²) in [6.45, 7) is 0. The maximum absolute atomic E-state index is 12.7. The van der Waals surface area contributed by atoms with Gasteiger partial charge < -0.3 is 10.4 Å². The molecule has 0 aliphatic carbocycles. The third-order valence-corrected chi connectivity index (χ3v) is 3.33. The molecule has 3 nitrogen and oxygen atoms in total. The lowest BCUT2D eigenvalue weighted by Gasteiger charge is -2.05. The van der Waals surface area contributed by atoms with E-state index in [4.69, 9.17) is 0 Å². The first-order valence-corrected chi connectivity index (χ1v) is 6.59. The van der Waals surface area contributed by atoms with Crippen LogP contribution in [-0.2, 0) is 4.79 Å². The molecule has 0 aromatic heterocycles. The van der Waals surface area contributed by atoms with Crippen LogP contribution in [0.15, 0.2) is 53.4 Å². The van der Waals surface area contributed by atoms with E-state index in [1.807, 2.05) is 0 Å². The molecule has 0 fully saturated rings. The van der Waals surface area contributed by atoms with Crippen molar-refractivity contribution in [2.24, 2.45) is 0 Å². The van der Waals surface area contributed by atoms with E-state index in [-0.39, 0.29) is 23.2 Å². The van der Waals surface area contributed by atoms with Crippen LogP contribution in [0.5, 0.6) is 5.75 Å². The molecule has 19 heavy (non-hydrogen) atoms. The summed E-state index contributed by atoms with van der Waals surface area (Å²) in [6, 6.07) is 12.3. The Kier molecular flexibility index (Phi) is 4.41. The van der Waals surface area contributed by atoms with Crippen molar-refractivity contribution in [1.29, 1.82) is 0 Å². The average molecular weight is 277 g/mol. The standard InChI is InChI=1S/C14H12FNO2S/c15-10-4-6-13(7-5-10)19-9-14(18)16-11-2-1-3-12(17)8-11/h1-8,17H,9H2,(H,16,18). The number of hydrogen-bond acceptors (Lipinski definition) is 3. The number of halogens is 1. The number of anilines is 1. The van der Waals surface area contributed by atoms with Crippen molar-refractivity contribution in [3.63, 3.8) is 0 Å². The number of phenols is 1. The summed E-state index contributed by atoms with van der Waals surface area (Å²) < 4.78 is 12.7. The molecule has 2 aromatic rings. The highest BCUT2D eigenvalue weighted by Crippen LogP contribution is 2.19. The first kappa shape index (κ1) is 13.4. The van der Waals surface area contributed by atoms with Gasteiger partial charge in [0.2, 0.25) is 5.91 Å². The van der Waals surface area contributed by atoms with Crippen LogP contribution in [0, 0.1) is 5.82 Å². The summed E-state index contributed by atoms with van der Waals surface area (Å²) in [5.74, 6) is -0.154. The minimum absolute atomic E-state index is 0.101. The number of rotatable bonds is 4. The molecular weight excluding hydrogens is 265 g/mol. The quantitative estimate of drug-likeness (QED) is 0.843. The number of phenolic OH excluding ortho intramolecular Hbond substituents is 1. The molecule has 2 aromatic carbocycles. The first-order chi connectivity index (χ1) is 9.13. The molecule has 2 N–H and O–H groups in total.